The first-order valence-electron chi connectivity index (χ1n) is 9.18. The van der Waals surface area contributed by atoms with Crippen molar-refractivity contribution in [2.45, 2.75) is 25.2 Å². The predicted octanol–water partition coefficient (Wildman–Crippen LogP) is 3.30. The van der Waals surface area contributed by atoms with E-state index >= 15 is 0 Å². The van der Waals surface area contributed by atoms with Crippen molar-refractivity contribution in [3.8, 4) is 0 Å². The summed E-state index contributed by atoms with van der Waals surface area (Å²) in [7, 11) is 0. The number of hydrogen-bond donors (Lipinski definition) is 2. The Morgan fingerprint density at radius 2 is 1.68 bits per heavy atom. The first-order valence-corrected chi connectivity index (χ1v) is 9.18. The molecule has 0 fully saturated rings. The molecule has 4 rings (SSSR count). The van der Waals surface area contributed by atoms with E-state index in [1.807, 2.05) is 30.3 Å². The largest absolute Gasteiger partial charge is 0.329 e. The topological polar surface area (TPSA) is 75.3 Å². The van der Waals surface area contributed by atoms with Crippen LogP contribution in [0.3, 0.4) is 0 Å². The molecular formula is C22H19FN2O3. The van der Waals surface area contributed by atoms with Crippen LogP contribution in [0.25, 0.3) is 0 Å². The van der Waals surface area contributed by atoms with E-state index in [0.29, 0.717) is 29.8 Å². The molecule has 0 aromatic heterocycles. The number of allylic oxidation sites excluding steroid dienone is 1. The second-order valence-corrected chi connectivity index (χ2v) is 7.13. The lowest BCUT2D eigenvalue weighted by molar-refractivity contribution is -0.129. The molecule has 0 saturated heterocycles. The molecule has 28 heavy (non-hydrogen) atoms. The number of carbonyl (C=O) groups excluding carboxylic acids is 3. The summed E-state index contributed by atoms with van der Waals surface area (Å²) in [5.41, 5.74) is 2.39. The Bertz CT molecular complexity index is 967. The van der Waals surface area contributed by atoms with Gasteiger partial charge in [-0.15, -0.1) is 0 Å². The number of amides is 2. The van der Waals surface area contributed by atoms with Crippen LogP contribution in [0.1, 0.15) is 30.7 Å². The van der Waals surface area contributed by atoms with Gasteiger partial charge in [0.2, 0.25) is 11.8 Å². The van der Waals surface area contributed by atoms with Crippen LogP contribution < -0.4 is 10.6 Å². The maximum atomic E-state index is 13.1. The summed E-state index contributed by atoms with van der Waals surface area (Å²) in [5, 5.41) is 5.48. The molecule has 142 valence electrons. The smallest absolute Gasteiger partial charge is 0.232 e. The second kappa shape index (κ2) is 7.38. The number of rotatable bonds is 3. The van der Waals surface area contributed by atoms with Gasteiger partial charge in [-0.25, -0.2) is 4.39 Å². The highest BCUT2D eigenvalue weighted by molar-refractivity contribution is 6.09. The summed E-state index contributed by atoms with van der Waals surface area (Å²) in [6.07, 6.45) is 0.740. The molecule has 1 heterocycles. The molecule has 2 aromatic rings. The van der Waals surface area contributed by atoms with E-state index in [9.17, 15) is 18.8 Å². The third-order valence-corrected chi connectivity index (χ3v) is 5.24. The van der Waals surface area contributed by atoms with Gasteiger partial charge in [-0.1, -0.05) is 30.3 Å². The van der Waals surface area contributed by atoms with Crippen molar-refractivity contribution >= 4 is 23.3 Å². The van der Waals surface area contributed by atoms with E-state index in [1.54, 1.807) is 0 Å². The lowest BCUT2D eigenvalue weighted by atomic mass is 9.75. The third-order valence-electron chi connectivity index (χ3n) is 5.24. The normalized spacial score (nSPS) is 21.8. The van der Waals surface area contributed by atoms with Crippen molar-refractivity contribution in [3.63, 3.8) is 0 Å². The van der Waals surface area contributed by atoms with Gasteiger partial charge in [-0.2, -0.15) is 0 Å². The lowest BCUT2D eigenvalue weighted by Gasteiger charge is -2.33. The molecule has 2 aromatic carbocycles. The fourth-order valence-corrected chi connectivity index (χ4v) is 3.91. The highest BCUT2D eigenvalue weighted by Gasteiger charge is 2.40. The summed E-state index contributed by atoms with van der Waals surface area (Å²) < 4.78 is 13.1. The van der Waals surface area contributed by atoms with Crippen molar-refractivity contribution in [1.82, 2.24) is 5.32 Å². The zero-order valence-corrected chi connectivity index (χ0v) is 15.1. The van der Waals surface area contributed by atoms with Gasteiger partial charge in [0.05, 0.1) is 5.92 Å². The summed E-state index contributed by atoms with van der Waals surface area (Å²) in [6, 6.07) is 15.0. The number of Topliss-reactive ketones (excluding diaryl/α,β-unsaturated/α-hetero) is 1. The van der Waals surface area contributed by atoms with Crippen LogP contribution in [-0.2, 0) is 14.4 Å². The summed E-state index contributed by atoms with van der Waals surface area (Å²) in [4.78, 5) is 37.9. The Morgan fingerprint density at radius 3 is 2.39 bits per heavy atom. The van der Waals surface area contributed by atoms with Crippen LogP contribution in [0.15, 0.2) is 65.9 Å². The predicted molar refractivity (Wildman–Crippen MR) is 102 cm³/mol. The number of anilines is 1. The van der Waals surface area contributed by atoms with Crippen LogP contribution in [0.2, 0.25) is 0 Å². The first kappa shape index (κ1) is 18.1. The molecule has 0 saturated carbocycles. The van der Waals surface area contributed by atoms with Gasteiger partial charge in [0.1, 0.15) is 5.82 Å². The minimum Gasteiger partial charge on any atom is -0.329 e. The SMILES string of the molecule is O=C1C[C@H](C(=O)Nc2ccc(F)cc2)C2=C(C[C@H](c3ccccc3)CC2=O)N1. The second-order valence-electron chi connectivity index (χ2n) is 7.13. The van der Waals surface area contributed by atoms with Crippen molar-refractivity contribution < 1.29 is 18.8 Å². The zero-order valence-electron chi connectivity index (χ0n) is 15.1. The highest BCUT2D eigenvalue weighted by Crippen LogP contribution is 2.39. The maximum absolute atomic E-state index is 13.1. The van der Waals surface area contributed by atoms with Crippen LogP contribution in [-0.4, -0.2) is 17.6 Å². The van der Waals surface area contributed by atoms with Crippen molar-refractivity contribution in [3.05, 3.63) is 77.2 Å². The Hall–Kier alpha value is -3.28. The van der Waals surface area contributed by atoms with E-state index in [2.05, 4.69) is 10.6 Å². The number of nitrogens with one attached hydrogen (secondary N) is 2. The molecule has 0 spiro atoms. The van der Waals surface area contributed by atoms with Gasteiger partial charge < -0.3 is 10.6 Å². The number of halogens is 1. The molecule has 0 unspecified atom stereocenters. The standard InChI is InChI=1S/C22H19FN2O3/c23-15-6-8-16(9-7-15)24-22(28)17-12-20(27)25-18-10-14(11-19(26)21(17)18)13-4-2-1-3-5-13/h1-9,14,17H,10-12H2,(H,24,28)(H,25,27)/t14-,17-/m0/s1. The van der Waals surface area contributed by atoms with Crippen LogP contribution >= 0.6 is 0 Å². The first-order chi connectivity index (χ1) is 13.5. The average molecular weight is 378 g/mol. The zero-order chi connectivity index (χ0) is 19.7. The summed E-state index contributed by atoms with van der Waals surface area (Å²) in [6.45, 7) is 0. The lowest BCUT2D eigenvalue weighted by Crippen LogP contribution is -2.43. The van der Waals surface area contributed by atoms with Crippen molar-refractivity contribution in [2.24, 2.45) is 5.92 Å². The van der Waals surface area contributed by atoms with Gasteiger partial charge in [-0.05, 0) is 42.2 Å². The fourth-order valence-electron chi connectivity index (χ4n) is 3.91. The molecule has 2 aliphatic rings. The molecule has 0 bridgehead atoms. The minimum atomic E-state index is -0.835. The van der Waals surface area contributed by atoms with Gasteiger partial charge in [0, 0.05) is 29.8 Å². The van der Waals surface area contributed by atoms with Crippen LogP contribution in [0, 0.1) is 11.7 Å². The molecular weight excluding hydrogens is 359 g/mol. The molecule has 5 nitrogen and oxygen atoms in total. The molecule has 1 aliphatic carbocycles. The number of carbonyl (C=O) groups is 3. The van der Waals surface area contributed by atoms with Crippen molar-refractivity contribution in [1.29, 1.82) is 0 Å². The molecule has 0 radical (unpaired) electrons. The van der Waals surface area contributed by atoms with E-state index < -0.39 is 17.6 Å². The van der Waals surface area contributed by atoms with Crippen molar-refractivity contribution in [2.75, 3.05) is 5.32 Å². The fraction of sp³-hybridized carbons (Fsp3) is 0.227. The molecule has 6 heteroatoms. The monoisotopic (exact) mass is 378 g/mol. The third kappa shape index (κ3) is 3.58. The molecule has 1 aliphatic heterocycles. The van der Waals surface area contributed by atoms with Gasteiger partial charge in [0.25, 0.3) is 0 Å². The molecule has 2 amide bonds. The Balaban J connectivity index is 1.60. The number of ketones is 1. The Labute approximate surface area is 161 Å². The van der Waals surface area contributed by atoms with E-state index in [-0.39, 0.29) is 24.0 Å². The Kier molecular flexibility index (Phi) is 4.77. The molecule has 2 atom stereocenters. The van der Waals surface area contributed by atoms with E-state index in [0.717, 1.165) is 5.56 Å². The highest BCUT2D eigenvalue weighted by atomic mass is 19.1. The average Bonchev–Trinajstić information content (AvgIpc) is 2.69. The Morgan fingerprint density at radius 1 is 0.964 bits per heavy atom. The van der Waals surface area contributed by atoms with Gasteiger partial charge in [0.15, 0.2) is 5.78 Å². The van der Waals surface area contributed by atoms with Crippen LogP contribution in [0.4, 0.5) is 10.1 Å². The quantitative estimate of drug-likeness (QED) is 0.861. The molecule has 2 N–H and O–H groups in total. The van der Waals surface area contributed by atoms with E-state index in [1.165, 1.54) is 24.3 Å². The van der Waals surface area contributed by atoms with Gasteiger partial charge in [-0.3, -0.25) is 14.4 Å². The van der Waals surface area contributed by atoms with E-state index in [4.69, 9.17) is 0 Å². The van der Waals surface area contributed by atoms with Gasteiger partial charge >= 0.3 is 0 Å². The summed E-state index contributed by atoms with van der Waals surface area (Å²) >= 11 is 0. The maximum Gasteiger partial charge on any atom is 0.232 e. The number of benzene rings is 2. The number of hydrogen-bond acceptors (Lipinski definition) is 3. The summed E-state index contributed by atoms with van der Waals surface area (Å²) in [5.74, 6) is -2.09. The van der Waals surface area contributed by atoms with Crippen LogP contribution in [0.5, 0.6) is 0 Å². The minimum absolute atomic E-state index is 0.0216.